The van der Waals surface area contributed by atoms with Crippen molar-refractivity contribution in [3.63, 3.8) is 0 Å². The van der Waals surface area contributed by atoms with E-state index in [-0.39, 0.29) is 0 Å². The van der Waals surface area contributed by atoms with Crippen LogP contribution in [0.4, 0.5) is 0 Å². The van der Waals surface area contributed by atoms with Crippen LogP contribution in [0.3, 0.4) is 0 Å². The van der Waals surface area contributed by atoms with Gasteiger partial charge < -0.3 is 5.41 Å². The fourth-order valence-electron chi connectivity index (χ4n) is 1.16. The third kappa shape index (κ3) is 1.48. The maximum Gasteiger partial charge on any atom is 0.0640 e. The molecule has 0 saturated heterocycles. The summed E-state index contributed by atoms with van der Waals surface area (Å²) < 4.78 is 0. The van der Waals surface area contributed by atoms with Crippen LogP contribution in [0.5, 0.6) is 0 Å². The standard InChI is InChI=1S/C10H13N/c1-3-8-6-5-7-9(4-2)10(8)11/h3,5-7,11H,4H2,1-2H3/b8-3-,11-10?. The highest BCUT2D eigenvalue weighted by Crippen LogP contribution is 2.16. The molecule has 0 saturated carbocycles. The Morgan fingerprint density at radius 2 is 2.27 bits per heavy atom. The Morgan fingerprint density at radius 1 is 1.55 bits per heavy atom. The smallest absolute Gasteiger partial charge is 0.0640 e. The molecule has 0 aliphatic heterocycles. The van der Waals surface area contributed by atoms with Crippen molar-refractivity contribution in [1.29, 1.82) is 5.41 Å². The Bertz CT molecular complexity index is 254. The van der Waals surface area contributed by atoms with Crippen molar-refractivity contribution in [1.82, 2.24) is 0 Å². The van der Waals surface area contributed by atoms with Crippen molar-refractivity contribution < 1.29 is 0 Å². The van der Waals surface area contributed by atoms with Crippen molar-refractivity contribution >= 4 is 5.71 Å². The zero-order chi connectivity index (χ0) is 8.27. The predicted octanol–water partition coefficient (Wildman–Crippen LogP) is 2.86. The fraction of sp³-hybridized carbons (Fsp3) is 0.300. The minimum Gasteiger partial charge on any atom is -0.300 e. The summed E-state index contributed by atoms with van der Waals surface area (Å²) in [6.45, 7) is 4.04. The molecule has 1 N–H and O–H groups in total. The molecule has 1 nitrogen and oxygen atoms in total. The Kier molecular flexibility index (Phi) is 2.42. The second-order valence-electron chi connectivity index (χ2n) is 2.52. The van der Waals surface area contributed by atoms with Crippen LogP contribution in [0.25, 0.3) is 0 Å². The summed E-state index contributed by atoms with van der Waals surface area (Å²) in [7, 11) is 0. The first kappa shape index (κ1) is 7.99. The molecule has 0 aromatic rings. The second-order valence-corrected chi connectivity index (χ2v) is 2.52. The second kappa shape index (κ2) is 3.33. The van der Waals surface area contributed by atoms with Gasteiger partial charge in [-0.25, -0.2) is 0 Å². The first-order valence-electron chi connectivity index (χ1n) is 3.92. The minimum atomic E-state index is 0.678. The molecule has 58 valence electrons. The van der Waals surface area contributed by atoms with Gasteiger partial charge in [-0.2, -0.15) is 0 Å². The van der Waals surface area contributed by atoms with E-state index in [2.05, 4.69) is 6.92 Å². The van der Waals surface area contributed by atoms with Crippen molar-refractivity contribution in [3.8, 4) is 0 Å². The normalized spacial score (nSPS) is 20.7. The summed E-state index contributed by atoms with van der Waals surface area (Å²) in [5.74, 6) is 0. The van der Waals surface area contributed by atoms with Gasteiger partial charge in [0.2, 0.25) is 0 Å². The predicted molar refractivity (Wildman–Crippen MR) is 49.0 cm³/mol. The minimum absolute atomic E-state index is 0.678. The molecule has 0 aromatic heterocycles. The van der Waals surface area contributed by atoms with Gasteiger partial charge in [0.25, 0.3) is 0 Å². The van der Waals surface area contributed by atoms with E-state index in [1.807, 2.05) is 31.2 Å². The van der Waals surface area contributed by atoms with Gasteiger partial charge in [0.05, 0.1) is 5.71 Å². The molecule has 0 unspecified atom stereocenters. The quantitative estimate of drug-likeness (QED) is 0.589. The molecule has 11 heavy (non-hydrogen) atoms. The van der Waals surface area contributed by atoms with E-state index in [0.29, 0.717) is 5.71 Å². The van der Waals surface area contributed by atoms with Crippen LogP contribution in [0, 0.1) is 5.41 Å². The van der Waals surface area contributed by atoms with Gasteiger partial charge in [-0.15, -0.1) is 0 Å². The zero-order valence-electron chi connectivity index (χ0n) is 7.02. The van der Waals surface area contributed by atoms with E-state index in [9.17, 15) is 0 Å². The molecule has 1 aliphatic rings. The van der Waals surface area contributed by atoms with Gasteiger partial charge in [0.15, 0.2) is 0 Å². The molecule has 0 aromatic carbocycles. The van der Waals surface area contributed by atoms with Crippen molar-refractivity contribution in [2.75, 3.05) is 0 Å². The molecular formula is C10H13N. The monoisotopic (exact) mass is 147 g/mol. The Hall–Kier alpha value is -1.11. The van der Waals surface area contributed by atoms with Crippen LogP contribution in [-0.4, -0.2) is 5.71 Å². The van der Waals surface area contributed by atoms with Crippen LogP contribution in [0.2, 0.25) is 0 Å². The SMILES string of the molecule is C/C=C1/C=CC=C(CC)C1=N. The van der Waals surface area contributed by atoms with Gasteiger partial charge in [-0.3, -0.25) is 0 Å². The summed E-state index contributed by atoms with van der Waals surface area (Å²) in [5, 5.41) is 7.72. The molecule has 0 amide bonds. The Labute approximate surface area is 67.6 Å². The van der Waals surface area contributed by atoms with Crippen LogP contribution in [0.15, 0.2) is 35.5 Å². The molecule has 0 bridgehead atoms. The molecular weight excluding hydrogens is 134 g/mol. The Balaban J connectivity index is 2.95. The van der Waals surface area contributed by atoms with Crippen molar-refractivity contribution in [2.45, 2.75) is 20.3 Å². The largest absolute Gasteiger partial charge is 0.300 e. The third-order valence-corrected chi connectivity index (χ3v) is 1.87. The average molecular weight is 147 g/mol. The number of allylic oxidation sites excluding steroid dienone is 6. The zero-order valence-corrected chi connectivity index (χ0v) is 7.02. The molecule has 0 atom stereocenters. The van der Waals surface area contributed by atoms with Crippen molar-refractivity contribution in [3.05, 3.63) is 35.5 Å². The fourth-order valence-corrected chi connectivity index (χ4v) is 1.16. The highest BCUT2D eigenvalue weighted by atomic mass is 14.4. The van der Waals surface area contributed by atoms with Gasteiger partial charge in [-0.05, 0) is 24.5 Å². The first-order chi connectivity index (χ1) is 5.29. The summed E-state index contributed by atoms with van der Waals surface area (Å²) in [6.07, 6.45) is 8.91. The molecule has 1 heteroatoms. The maximum atomic E-state index is 7.72. The topological polar surface area (TPSA) is 23.9 Å². The van der Waals surface area contributed by atoms with Gasteiger partial charge >= 0.3 is 0 Å². The number of hydrogen-bond donors (Lipinski definition) is 1. The first-order valence-corrected chi connectivity index (χ1v) is 3.92. The Morgan fingerprint density at radius 3 is 2.82 bits per heavy atom. The van der Waals surface area contributed by atoms with E-state index in [1.54, 1.807) is 0 Å². The van der Waals surface area contributed by atoms with E-state index in [1.165, 1.54) is 0 Å². The average Bonchev–Trinajstić information content (AvgIpc) is 2.05. The molecule has 1 aliphatic carbocycles. The number of nitrogens with one attached hydrogen (secondary N) is 1. The highest BCUT2D eigenvalue weighted by molar-refractivity contribution is 6.13. The maximum absolute atomic E-state index is 7.72. The summed E-state index contributed by atoms with van der Waals surface area (Å²) in [6, 6.07) is 0. The molecule has 0 heterocycles. The lowest BCUT2D eigenvalue weighted by Gasteiger charge is -2.10. The van der Waals surface area contributed by atoms with Crippen LogP contribution < -0.4 is 0 Å². The molecule has 0 radical (unpaired) electrons. The van der Waals surface area contributed by atoms with E-state index < -0.39 is 0 Å². The van der Waals surface area contributed by atoms with Crippen LogP contribution in [0.1, 0.15) is 20.3 Å². The summed E-state index contributed by atoms with van der Waals surface area (Å²) >= 11 is 0. The van der Waals surface area contributed by atoms with Crippen molar-refractivity contribution in [2.24, 2.45) is 0 Å². The number of hydrogen-bond acceptors (Lipinski definition) is 1. The summed E-state index contributed by atoms with van der Waals surface area (Å²) in [5.41, 5.74) is 2.84. The molecule has 0 spiro atoms. The molecule has 1 rings (SSSR count). The lowest BCUT2D eigenvalue weighted by molar-refractivity contribution is 1.15. The highest BCUT2D eigenvalue weighted by Gasteiger charge is 2.07. The van der Waals surface area contributed by atoms with E-state index in [4.69, 9.17) is 5.41 Å². The van der Waals surface area contributed by atoms with Crippen LogP contribution in [-0.2, 0) is 0 Å². The lowest BCUT2D eigenvalue weighted by Crippen LogP contribution is -2.05. The lowest BCUT2D eigenvalue weighted by atomic mass is 9.96. The van der Waals surface area contributed by atoms with E-state index in [0.717, 1.165) is 17.6 Å². The molecule has 0 fully saturated rings. The van der Waals surface area contributed by atoms with Gasteiger partial charge in [0.1, 0.15) is 0 Å². The third-order valence-electron chi connectivity index (χ3n) is 1.87. The number of rotatable bonds is 1. The van der Waals surface area contributed by atoms with Gasteiger partial charge in [-0.1, -0.05) is 31.2 Å². The van der Waals surface area contributed by atoms with Crippen LogP contribution >= 0.6 is 0 Å². The van der Waals surface area contributed by atoms with Gasteiger partial charge in [0, 0.05) is 0 Å². The summed E-state index contributed by atoms with van der Waals surface area (Å²) in [4.78, 5) is 0. The van der Waals surface area contributed by atoms with E-state index >= 15 is 0 Å².